The van der Waals surface area contributed by atoms with Crippen molar-refractivity contribution in [2.24, 2.45) is 0 Å². The largest absolute Gasteiger partial charge is 0.484 e. The van der Waals surface area contributed by atoms with E-state index in [2.05, 4.69) is 15.3 Å². The summed E-state index contributed by atoms with van der Waals surface area (Å²) >= 11 is 0. The first-order valence-electron chi connectivity index (χ1n) is 5.68. The molecule has 7 nitrogen and oxygen atoms in total. The van der Waals surface area contributed by atoms with Crippen molar-refractivity contribution in [1.29, 1.82) is 0 Å². The Labute approximate surface area is 114 Å². The molecular formula is C13H11N3O4. The summed E-state index contributed by atoms with van der Waals surface area (Å²) in [5, 5.41) is 11.3. The lowest BCUT2D eigenvalue weighted by Gasteiger charge is -2.06. The minimum absolute atomic E-state index is 0.0919. The Hall–Kier alpha value is -2.96. The van der Waals surface area contributed by atoms with E-state index in [1.54, 1.807) is 12.1 Å². The number of anilines is 1. The summed E-state index contributed by atoms with van der Waals surface area (Å²) in [7, 11) is 0. The predicted octanol–water partition coefficient (Wildman–Crippen LogP) is 1.19. The Morgan fingerprint density at radius 2 is 1.95 bits per heavy atom. The van der Waals surface area contributed by atoms with Gasteiger partial charge < -0.3 is 9.84 Å². The Morgan fingerprint density at radius 1 is 1.20 bits per heavy atom. The number of hydrogen-bond donors (Lipinski definition) is 2. The van der Waals surface area contributed by atoms with Crippen molar-refractivity contribution >= 4 is 17.8 Å². The first kappa shape index (κ1) is 13.5. The molecule has 0 unspecified atom stereocenters. The lowest BCUT2D eigenvalue weighted by molar-refractivity contribution is -0.118. The monoisotopic (exact) mass is 273 g/mol. The van der Waals surface area contributed by atoms with Crippen molar-refractivity contribution in [1.82, 2.24) is 9.97 Å². The summed E-state index contributed by atoms with van der Waals surface area (Å²) in [5.74, 6) is -1.01. The van der Waals surface area contributed by atoms with E-state index in [9.17, 15) is 9.59 Å². The van der Waals surface area contributed by atoms with E-state index in [1.165, 1.54) is 30.6 Å². The molecule has 102 valence electrons. The average Bonchev–Trinajstić information content (AvgIpc) is 2.46. The number of carboxylic acids is 1. The number of rotatable bonds is 5. The van der Waals surface area contributed by atoms with Gasteiger partial charge in [0.2, 0.25) is 5.95 Å². The highest BCUT2D eigenvalue weighted by atomic mass is 16.5. The molecule has 0 saturated heterocycles. The Morgan fingerprint density at radius 3 is 2.65 bits per heavy atom. The number of ether oxygens (including phenoxy) is 1. The summed E-state index contributed by atoms with van der Waals surface area (Å²) in [6.07, 6.45) is 3.00. The molecule has 1 aromatic heterocycles. The van der Waals surface area contributed by atoms with E-state index >= 15 is 0 Å². The Bertz CT molecular complexity index is 616. The summed E-state index contributed by atoms with van der Waals surface area (Å²) in [6, 6.07) is 7.51. The molecule has 2 N–H and O–H groups in total. The highest BCUT2D eigenvalue weighted by Crippen LogP contribution is 2.13. The molecule has 0 aliphatic heterocycles. The molecule has 0 fully saturated rings. The van der Waals surface area contributed by atoms with Crippen molar-refractivity contribution in [2.75, 3.05) is 11.9 Å². The minimum atomic E-state index is -1.06. The second-order valence-electron chi connectivity index (χ2n) is 3.74. The lowest BCUT2D eigenvalue weighted by atomic mass is 10.2. The van der Waals surface area contributed by atoms with Crippen LogP contribution in [-0.2, 0) is 4.79 Å². The number of carboxylic acid groups (broad SMARTS) is 1. The lowest BCUT2D eigenvalue weighted by Crippen LogP contribution is -2.21. The van der Waals surface area contributed by atoms with Crippen molar-refractivity contribution in [3.63, 3.8) is 0 Å². The standard InChI is InChI=1S/C13H11N3O4/c17-11(16-13-14-5-2-6-15-13)8-20-10-4-1-3-9(7-10)12(18)19/h1-7H,8H2,(H,18,19)(H,14,15,16,17). The molecule has 0 saturated carbocycles. The van der Waals surface area contributed by atoms with Crippen LogP contribution in [0.25, 0.3) is 0 Å². The number of carbonyl (C=O) groups excluding carboxylic acids is 1. The molecule has 0 aliphatic rings. The molecule has 0 radical (unpaired) electrons. The average molecular weight is 273 g/mol. The molecule has 1 amide bonds. The summed E-state index contributed by atoms with van der Waals surface area (Å²) in [6.45, 7) is -0.263. The third-order valence-corrected chi connectivity index (χ3v) is 2.27. The van der Waals surface area contributed by atoms with Gasteiger partial charge in [-0.3, -0.25) is 10.1 Å². The number of aromatic carboxylic acids is 1. The molecule has 0 spiro atoms. The van der Waals surface area contributed by atoms with Gasteiger partial charge in [0.1, 0.15) is 5.75 Å². The van der Waals surface area contributed by atoms with Gasteiger partial charge in [-0.15, -0.1) is 0 Å². The zero-order valence-corrected chi connectivity index (χ0v) is 10.3. The number of amides is 1. The van der Waals surface area contributed by atoms with E-state index < -0.39 is 11.9 Å². The van der Waals surface area contributed by atoms with Gasteiger partial charge in [-0.05, 0) is 24.3 Å². The van der Waals surface area contributed by atoms with Gasteiger partial charge in [-0.2, -0.15) is 0 Å². The number of benzene rings is 1. The van der Waals surface area contributed by atoms with Gasteiger partial charge in [0, 0.05) is 12.4 Å². The van der Waals surface area contributed by atoms with Crippen molar-refractivity contribution in [3.8, 4) is 5.75 Å². The Kier molecular flexibility index (Phi) is 4.23. The molecule has 0 atom stereocenters. The maximum Gasteiger partial charge on any atom is 0.335 e. The normalized spacial score (nSPS) is 9.80. The highest BCUT2D eigenvalue weighted by Gasteiger charge is 2.07. The number of aromatic nitrogens is 2. The molecule has 7 heteroatoms. The molecular weight excluding hydrogens is 262 g/mol. The quantitative estimate of drug-likeness (QED) is 0.848. The second kappa shape index (κ2) is 6.28. The van der Waals surface area contributed by atoms with Crippen LogP contribution in [0.1, 0.15) is 10.4 Å². The van der Waals surface area contributed by atoms with Gasteiger partial charge in [-0.25, -0.2) is 14.8 Å². The van der Waals surface area contributed by atoms with Crippen LogP contribution < -0.4 is 10.1 Å². The maximum atomic E-state index is 11.6. The fourth-order valence-corrected chi connectivity index (χ4v) is 1.39. The van der Waals surface area contributed by atoms with Gasteiger partial charge in [0.05, 0.1) is 5.56 Å². The van der Waals surface area contributed by atoms with Gasteiger partial charge >= 0.3 is 5.97 Å². The molecule has 1 heterocycles. The highest BCUT2D eigenvalue weighted by molar-refractivity contribution is 5.90. The van der Waals surface area contributed by atoms with E-state index in [1.807, 2.05) is 0 Å². The van der Waals surface area contributed by atoms with E-state index in [0.29, 0.717) is 5.75 Å². The van der Waals surface area contributed by atoms with Crippen molar-refractivity contribution in [3.05, 3.63) is 48.3 Å². The molecule has 20 heavy (non-hydrogen) atoms. The molecule has 2 aromatic rings. The number of hydrogen-bond acceptors (Lipinski definition) is 5. The number of carbonyl (C=O) groups is 2. The summed E-state index contributed by atoms with van der Waals surface area (Å²) < 4.78 is 5.20. The fraction of sp³-hybridized carbons (Fsp3) is 0.0769. The van der Waals surface area contributed by atoms with Crippen LogP contribution in [0.2, 0.25) is 0 Å². The predicted molar refractivity (Wildman–Crippen MR) is 69.6 cm³/mol. The number of nitrogens with zero attached hydrogens (tertiary/aromatic N) is 2. The van der Waals surface area contributed by atoms with Crippen LogP contribution in [0.15, 0.2) is 42.7 Å². The van der Waals surface area contributed by atoms with Gasteiger partial charge in [0.15, 0.2) is 6.61 Å². The Balaban J connectivity index is 1.90. The van der Waals surface area contributed by atoms with Crippen molar-refractivity contribution < 1.29 is 19.4 Å². The molecule has 1 aromatic carbocycles. The molecule has 0 bridgehead atoms. The van der Waals surface area contributed by atoms with E-state index in [4.69, 9.17) is 9.84 Å². The van der Waals surface area contributed by atoms with Crippen LogP contribution in [0.4, 0.5) is 5.95 Å². The van der Waals surface area contributed by atoms with Crippen molar-refractivity contribution in [2.45, 2.75) is 0 Å². The third-order valence-electron chi connectivity index (χ3n) is 2.27. The van der Waals surface area contributed by atoms with Crippen LogP contribution in [-0.4, -0.2) is 33.6 Å². The van der Waals surface area contributed by atoms with Gasteiger partial charge in [-0.1, -0.05) is 6.07 Å². The molecule has 0 aliphatic carbocycles. The fourth-order valence-electron chi connectivity index (χ4n) is 1.39. The minimum Gasteiger partial charge on any atom is -0.484 e. The van der Waals surface area contributed by atoms with Crippen LogP contribution in [0, 0.1) is 0 Å². The van der Waals surface area contributed by atoms with Crippen LogP contribution >= 0.6 is 0 Å². The zero-order chi connectivity index (χ0) is 14.4. The smallest absolute Gasteiger partial charge is 0.335 e. The topological polar surface area (TPSA) is 101 Å². The van der Waals surface area contributed by atoms with E-state index in [0.717, 1.165) is 0 Å². The SMILES string of the molecule is O=C(COc1cccc(C(=O)O)c1)Nc1ncccn1. The van der Waals surface area contributed by atoms with Gasteiger partial charge in [0.25, 0.3) is 5.91 Å². The third kappa shape index (κ3) is 3.77. The first-order chi connectivity index (χ1) is 9.65. The summed E-state index contributed by atoms with van der Waals surface area (Å²) in [5.41, 5.74) is 0.0919. The summed E-state index contributed by atoms with van der Waals surface area (Å²) in [4.78, 5) is 30.0. The van der Waals surface area contributed by atoms with Crippen LogP contribution in [0.5, 0.6) is 5.75 Å². The molecule has 2 rings (SSSR count). The van der Waals surface area contributed by atoms with E-state index in [-0.39, 0.29) is 18.1 Å². The maximum absolute atomic E-state index is 11.6. The zero-order valence-electron chi connectivity index (χ0n) is 10.3. The first-order valence-corrected chi connectivity index (χ1v) is 5.68. The van der Waals surface area contributed by atoms with Crippen LogP contribution in [0.3, 0.4) is 0 Å². The second-order valence-corrected chi connectivity index (χ2v) is 3.74. The number of nitrogens with one attached hydrogen (secondary N) is 1.